The molecule has 1 aliphatic carbocycles. The van der Waals surface area contributed by atoms with Gasteiger partial charge in [-0.1, -0.05) is 15.9 Å². The summed E-state index contributed by atoms with van der Waals surface area (Å²) in [5, 5.41) is 0. The maximum Gasteiger partial charge on any atom is 0.0466 e. The van der Waals surface area contributed by atoms with Crippen LogP contribution in [0.25, 0.3) is 5.69 Å². The summed E-state index contributed by atoms with van der Waals surface area (Å²) in [6.45, 7) is 2.12. The number of nitrogens with zero attached hydrogens (tertiary/aromatic N) is 1. The molecule has 2 aromatic rings. The molecule has 2 N–H and O–H groups in total. The Morgan fingerprint density at radius 2 is 2.17 bits per heavy atom. The number of halogens is 1. The predicted octanol–water partition coefficient (Wildman–Crippen LogP) is 3.88. The van der Waals surface area contributed by atoms with E-state index in [1.165, 1.54) is 28.9 Å². The van der Waals surface area contributed by atoms with Crippen molar-refractivity contribution in [2.75, 3.05) is 0 Å². The first-order chi connectivity index (χ1) is 8.65. The Balaban J connectivity index is 2.12. The van der Waals surface area contributed by atoms with Gasteiger partial charge in [0.1, 0.15) is 0 Å². The Hall–Kier alpha value is -1.06. The Morgan fingerprint density at radius 3 is 2.94 bits per heavy atom. The number of aryl methyl sites for hydroxylation is 1. The van der Waals surface area contributed by atoms with Crippen LogP contribution in [0.4, 0.5) is 0 Å². The van der Waals surface area contributed by atoms with Gasteiger partial charge < -0.3 is 10.3 Å². The molecule has 0 radical (unpaired) electrons. The molecule has 0 bridgehead atoms. The van der Waals surface area contributed by atoms with Gasteiger partial charge >= 0.3 is 0 Å². The number of rotatable bonds is 1. The average molecular weight is 305 g/mol. The van der Waals surface area contributed by atoms with Crippen LogP contribution in [0.3, 0.4) is 0 Å². The summed E-state index contributed by atoms with van der Waals surface area (Å²) >= 11 is 3.57. The highest BCUT2D eigenvalue weighted by Gasteiger charge is 2.20. The van der Waals surface area contributed by atoms with Gasteiger partial charge in [-0.2, -0.15) is 0 Å². The van der Waals surface area contributed by atoms with Crippen molar-refractivity contribution in [2.45, 2.75) is 32.2 Å². The monoisotopic (exact) mass is 304 g/mol. The van der Waals surface area contributed by atoms with E-state index >= 15 is 0 Å². The molecule has 94 valence electrons. The van der Waals surface area contributed by atoms with Crippen LogP contribution < -0.4 is 5.73 Å². The highest BCUT2D eigenvalue weighted by Crippen LogP contribution is 2.31. The van der Waals surface area contributed by atoms with Crippen LogP contribution in [0.1, 0.15) is 35.7 Å². The van der Waals surface area contributed by atoms with Gasteiger partial charge in [-0.15, -0.1) is 0 Å². The van der Waals surface area contributed by atoms with E-state index in [-0.39, 0.29) is 6.04 Å². The molecular formula is C15H17BrN2. The number of nitrogens with two attached hydrogens (primary N) is 1. The van der Waals surface area contributed by atoms with E-state index in [4.69, 9.17) is 5.73 Å². The molecule has 1 unspecified atom stereocenters. The van der Waals surface area contributed by atoms with E-state index in [0.717, 1.165) is 17.3 Å². The largest absolute Gasteiger partial charge is 0.324 e. The van der Waals surface area contributed by atoms with Crippen molar-refractivity contribution >= 4 is 15.9 Å². The molecule has 0 amide bonds. The SMILES string of the molecule is Cc1cc(Br)cc(-n2ccc3c2CCCC3N)c1. The Morgan fingerprint density at radius 1 is 1.33 bits per heavy atom. The lowest BCUT2D eigenvalue weighted by Crippen LogP contribution is -2.17. The summed E-state index contributed by atoms with van der Waals surface area (Å²) in [5.74, 6) is 0. The van der Waals surface area contributed by atoms with Crippen molar-refractivity contribution in [3.8, 4) is 5.69 Å². The molecule has 1 aliphatic rings. The highest BCUT2D eigenvalue weighted by molar-refractivity contribution is 9.10. The number of benzene rings is 1. The van der Waals surface area contributed by atoms with Gasteiger partial charge in [0.15, 0.2) is 0 Å². The second-order valence-electron chi connectivity index (χ2n) is 5.07. The van der Waals surface area contributed by atoms with Crippen molar-refractivity contribution in [3.05, 3.63) is 51.8 Å². The summed E-state index contributed by atoms with van der Waals surface area (Å²) in [6, 6.07) is 8.89. The second kappa shape index (κ2) is 4.56. The van der Waals surface area contributed by atoms with Gasteiger partial charge in [0.2, 0.25) is 0 Å². The molecule has 0 saturated heterocycles. The lowest BCUT2D eigenvalue weighted by molar-refractivity contribution is 0.560. The molecule has 3 heteroatoms. The summed E-state index contributed by atoms with van der Waals surface area (Å²) in [7, 11) is 0. The standard InChI is InChI=1S/C15H17BrN2/c1-10-7-11(16)9-12(8-10)18-6-5-13-14(17)3-2-4-15(13)18/h5-9,14H,2-4,17H2,1H3. The molecule has 3 rings (SSSR count). The van der Waals surface area contributed by atoms with E-state index in [9.17, 15) is 0 Å². The van der Waals surface area contributed by atoms with Crippen LogP contribution >= 0.6 is 15.9 Å². The maximum atomic E-state index is 6.17. The van der Waals surface area contributed by atoms with Gasteiger partial charge in [-0.25, -0.2) is 0 Å². The van der Waals surface area contributed by atoms with Crippen LogP contribution in [0.15, 0.2) is 34.9 Å². The summed E-state index contributed by atoms with van der Waals surface area (Å²) in [6.07, 6.45) is 5.57. The predicted molar refractivity (Wildman–Crippen MR) is 78.1 cm³/mol. The topological polar surface area (TPSA) is 30.9 Å². The zero-order valence-corrected chi connectivity index (χ0v) is 12.1. The van der Waals surface area contributed by atoms with E-state index in [1.807, 2.05) is 0 Å². The Kier molecular flexibility index (Phi) is 3.04. The number of hydrogen-bond acceptors (Lipinski definition) is 1. The second-order valence-corrected chi connectivity index (χ2v) is 5.99. The van der Waals surface area contributed by atoms with E-state index < -0.39 is 0 Å². The van der Waals surface area contributed by atoms with Crippen LogP contribution in [0.2, 0.25) is 0 Å². The molecule has 18 heavy (non-hydrogen) atoms. The molecule has 2 nitrogen and oxygen atoms in total. The van der Waals surface area contributed by atoms with Crippen LogP contribution in [0.5, 0.6) is 0 Å². The summed E-state index contributed by atoms with van der Waals surface area (Å²) < 4.78 is 3.41. The third-order valence-corrected chi connectivity index (χ3v) is 4.12. The van der Waals surface area contributed by atoms with Crippen molar-refractivity contribution in [1.29, 1.82) is 0 Å². The first kappa shape index (κ1) is 12.0. The summed E-state index contributed by atoms with van der Waals surface area (Å²) in [5.41, 5.74) is 11.4. The van der Waals surface area contributed by atoms with Gasteiger partial charge in [0, 0.05) is 28.1 Å². The zero-order chi connectivity index (χ0) is 12.7. The third kappa shape index (κ3) is 2.02. The van der Waals surface area contributed by atoms with Crippen LogP contribution in [-0.4, -0.2) is 4.57 Å². The minimum atomic E-state index is 0.211. The quantitative estimate of drug-likeness (QED) is 0.851. The maximum absolute atomic E-state index is 6.17. The van der Waals surface area contributed by atoms with E-state index in [1.54, 1.807) is 0 Å². The lowest BCUT2D eigenvalue weighted by atomic mass is 9.93. The first-order valence-electron chi connectivity index (χ1n) is 6.38. The van der Waals surface area contributed by atoms with E-state index in [2.05, 4.69) is 57.9 Å². The molecule has 1 aromatic heterocycles. The first-order valence-corrected chi connectivity index (χ1v) is 7.18. The average Bonchev–Trinajstić information content (AvgIpc) is 2.73. The number of aromatic nitrogens is 1. The normalized spacial score (nSPS) is 18.7. The fourth-order valence-electron chi connectivity index (χ4n) is 2.83. The minimum Gasteiger partial charge on any atom is -0.324 e. The molecule has 0 fully saturated rings. The van der Waals surface area contributed by atoms with Crippen molar-refractivity contribution < 1.29 is 0 Å². The molecule has 1 atom stereocenters. The number of fused-ring (bicyclic) bond motifs is 1. The van der Waals surface area contributed by atoms with Crippen molar-refractivity contribution in [3.63, 3.8) is 0 Å². The summed E-state index contributed by atoms with van der Waals surface area (Å²) in [4.78, 5) is 0. The van der Waals surface area contributed by atoms with Crippen molar-refractivity contribution in [1.82, 2.24) is 4.57 Å². The fourth-order valence-corrected chi connectivity index (χ4v) is 3.42. The van der Waals surface area contributed by atoms with Crippen LogP contribution in [0, 0.1) is 6.92 Å². The van der Waals surface area contributed by atoms with Gasteiger partial charge in [0.05, 0.1) is 0 Å². The molecular weight excluding hydrogens is 288 g/mol. The molecule has 1 aromatic carbocycles. The lowest BCUT2D eigenvalue weighted by Gasteiger charge is -2.21. The molecule has 0 saturated carbocycles. The van der Waals surface area contributed by atoms with Crippen molar-refractivity contribution in [2.24, 2.45) is 5.73 Å². The van der Waals surface area contributed by atoms with Gasteiger partial charge in [0.25, 0.3) is 0 Å². The molecule has 0 aliphatic heterocycles. The highest BCUT2D eigenvalue weighted by atomic mass is 79.9. The van der Waals surface area contributed by atoms with Gasteiger partial charge in [-0.3, -0.25) is 0 Å². The fraction of sp³-hybridized carbons (Fsp3) is 0.333. The van der Waals surface area contributed by atoms with Crippen LogP contribution in [-0.2, 0) is 6.42 Å². The Bertz CT molecular complexity index is 566. The smallest absolute Gasteiger partial charge is 0.0466 e. The third-order valence-electron chi connectivity index (χ3n) is 3.66. The molecule has 1 heterocycles. The van der Waals surface area contributed by atoms with Gasteiger partial charge in [-0.05, 0) is 61.6 Å². The minimum absolute atomic E-state index is 0.211. The Labute approximate surface area is 116 Å². The zero-order valence-electron chi connectivity index (χ0n) is 10.5. The number of hydrogen-bond donors (Lipinski definition) is 1. The van der Waals surface area contributed by atoms with E-state index in [0.29, 0.717) is 0 Å². The molecule has 0 spiro atoms.